The molecule has 1 amide bonds. The number of amides is 1. The van der Waals surface area contributed by atoms with Crippen LogP contribution in [0.5, 0.6) is 0 Å². The fraction of sp³-hybridized carbons (Fsp3) is 0.263. The quantitative estimate of drug-likeness (QED) is 0.794. The number of rotatable bonds is 4. The molecular formula is C19H20N4O2. The summed E-state index contributed by atoms with van der Waals surface area (Å²) < 4.78 is 0. The highest BCUT2D eigenvalue weighted by Gasteiger charge is 2.21. The molecule has 0 aliphatic heterocycles. The number of H-pyrrole nitrogens is 1. The average molecular weight is 336 g/mol. The van der Waals surface area contributed by atoms with Crippen molar-refractivity contribution in [2.24, 2.45) is 0 Å². The zero-order valence-electron chi connectivity index (χ0n) is 14.5. The van der Waals surface area contributed by atoms with Gasteiger partial charge in [0, 0.05) is 11.7 Å². The van der Waals surface area contributed by atoms with E-state index in [1.807, 2.05) is 39.0 Å². The Morgan fingerprint density at radius 2 is 1.88 bits per heavy atom. The predicted molar refractivity (Wildman–Crippen MR) is 96.3 cm³/mol. The summed E-state index contributed by atoms with van der Waals surface area (Å²) in [4.78, 5) is 38.3. The third kappa shape index (κ3) is 3.57. The molecule has 2 heterocycles. The molecule has 1 aromatic carbocycles. The second-order valence-electron chi connectivity index (χ2n) is 6.22. The van der Waals surface area contributed by atoms with Gasteiger partial charge in [-0.05, 0) is 45.0 Å². The minimum absolute atomic E-state index is 0.0633. The number of aromatic nitrogens is 3. The summed E-state index contributed by atoms with van der Waals surface area (Å²) in [6, 6.07) is 12.4. The molecule has 25 heavy (non-hydrogen) atoms. The summed E-state index contributed by atoms with van der Waals surface area (Å²) in [5.41, 5.74) is 1.58. The maximum Gasteiger partial charge on any atom is 0.273 e. The van der Waals surface area contributed by atoms with Gasteiger partial charge in [-0.25, -0.2) is 9.97 Å². The summed E-state index contributed by atoms with van der Waals surface area (Å²) in [6.45, 7) is 5.91. The topological polar surface area (TPSA) is 79.0 Å². The number of pyridine rings is 1. The summed E-state index contributed by atoms with van der Waals surface area (Å²) in [6.07, 6.45) is 0. The van der Waals surface area contributed by atoms with E-state index in [2.05, 4.69) is 15.0 Å². The number of aromatic amines is 1. The zero-order valence-corrected chi connectivity index (χ0v) is 14.5. The van der Waals surface area contributed by atoms with Crippen LogP contribution < -0.4 is 5.56 Å². The van der Waals surface area contributed by atoms with Gasteiger partial charge in [-0.3, -0.25) is 9.59 Å². The van der Waals surface area contributed by atoms with Gasteiger partial charge in [0.25, 0.3) is 11.5 Å². The Bertz CT molecular complexity index is 978. The Morgan fingerprint density at radius 1 is 1.12 bits per heavy atom. The van der Waals surface area contributed by atoms with E-state index in [0.717, 1.165) is 5.69 Å². The van der Waals surface area contributed by atoms with Crippen LogP contribution in [-0.4, -0.2) is 31.8 Å². The van der Waals surface area contributed by atoms with Gasteiger partial charge in [-0.1, -0.05) is 18.2 Å². The number of fused-ring (bicyclic) bond motifs is 1. The van der Waals surface area contributed by atoms with Crippen molar-refractivity contribution in [2.45, 2.75) is 33.4 Å². The lowest BCUT2D eigenvalue weighted by Crippen LogP contribution is -2.38. The SMILES string of the molecule is Cc1cccc(C(=O)N(Cc2nc3ccccc3c(=O)[nH]2)C(C)C)n1. The van der Waals surface area contributed by atoms with Crippen molar-refractivity contribution in [3.63, 3.8) is 0 Å². The maximum absolute atomic E-state index is 12.8. The highest BCUT2D eigenvalue weighted by atomic mass is 16.2. The van der Waals surface area contributed by atoms with E-state index in [1.165, 1.54) is 0 Å². The van der Waals surface area contributed by atoms with Gasteiger partial charge in [0.1, 0.15) is 11.5 Å². The summed E-state index contributed by atoms with van der Waals surface area (Å²) >= 11 is 0. The van der Waals surface area contributed by atoms with Crippen LogP contribution >= 0.6 is 0 Å². The summed E-state index contributed by atoms with van der Waals surface area (Å²) in [5.74, 6) is 0.271. The Labute approximate surface area is 145 Å². The molecule has 128 valence electrons. The van der Waals surface area contributed by atoms with E-state index in [0.29, 0.717) is 22.4 Å². The molecule has 3 aromatic rings. The van der Waals surface area contributed by atoms with E-state index in [1.54, 1.807) is 29.2 Å². The van der Waals surface area contributed by atoms with E-state index in [-0.39, 0.29) is 24.1 Å². The Morgan fingerprint density at radius 3 is 2.60 bits per heavy atom. The number of aryl methyl sites for hydroxylation is 1. The highest BCUT2D eigenvalue weighted by Crippen LogP contribution is 2.12. The molecule has 0 aliphatic carbocycles. The monoisotopic (exact) mass is 336 g/mol. The van der Waals surface area contributed by atoms with Gasteiger partial charge in [-0.2, -0.15) is 0 Å². The minimum atomic E-state index is -0.203. The number of carbonyl (C=O) groups is 1. The van der Waals surface area contributed by atoms with E-state index < -0.39 is 0 Å². The molecule has 0 unspecified atom stereocenters. The summed E-state index contributed by atoms with van der Waals surface area (Å²) in [7, 11) is 0. The molecule has 0 bridgehead atoms. The molecule has 0 fully saturated rings. The van der Waals surface area contributed by atoms with Gasteiger partial charge in [0.2, 0.25) is 0 Å². The van der Waals surface area contributed by atoms with Crippen LogP contribution in [0.1, 0.15) is 35.9 Å². The molecule has 6 heteroatoms. The molecule has 0 atom stereocenters. The van der Waals surface area contributed by atoms with Crippen LogP contribution in [0.25, 0.3) is 10.9 Å². The third-order valence-electron chi connectivity index (χ3n) is 3.97. The molecule has 0 spiro atoms. The minimum Gasteiger partial charge on any atom is -0.327 e. The van der Waals surface area contributed by atoms with E-state index >= 15 is 0 Å². The molecule has 0 saturated heterocycles. The molecule has 0 aliphatic rings. The van der Waals surface area contributed by atoms with E-state index in [9.17, 15) is 9.59 Å². The first-order chi connectivity index (χ1) is 12.0. The maximum atomic E-state index is 12.8. The van der Waals surface area contributed by atoms with Crippen LogP contribution in [0.2, 0.25) is 0 Å². The van der Waals surface area contributed by atoms with Crippen LogP contribution in [0.4, 0.5) is 0 Å². The van der Waals surface area contributed by atoms with E-state index in [4.69, 9.17) is 0 Å². The van der Waals surface area contributed by atoms with Gasteiger partial charge in [0.15, 0.2) is 0 Å². The Hall–Kier alpha value is -3.02. The van der Waals surface area contributed by atoms with Crippen LogP contribution in [0.3, 0.4) is 0 Å². The summed E-state index contributed by atoms with van der Waals surface area (Å²) in [5, 5.41) is 0.536. The second-order valence-corrected chi connectivity index (χ2v) is 6.22. The highest BCUT2D eigenvalue weighted by molar-refractivity contribution is 5.92. The first-order valence-electron chi connectivity index (χ1n) is 8.18. The average Bonchev–Trinajstić information content (AvgIpc) is 2.59. The van der Waals surface area contributed by atoms with Gasteiger partial charge >= 0.3 is 0 Å². The van der Waals surface area contributed by atoms with Crippen molar-refractivity contribution in [2.75, 3.05) is 0 Å². The smallest absolute Gasteiger partial charge is 0.273 e. The number of hydrogen-bond acceptors (Lipinski definition) is 4. The fourth-order valence-electron chi connectivity index (χ4n) is 2.67. The van der Waals surface area contributed by atoms with Gasteiger partial charge in [0.05, 0.1) is 17.4 Å². The predicted octanol–water partition coefficient (Wildman–Crippen LogP) is 2.68. The second kappa shape index (κ2) is 6.84. The molecule has 0 radical (unpaired) electrons. The number of nitrogens with zero attached hydrogens (tertiary/aromatic N) is 3. The van der Waals surface area contributed by atoms with Crippen molar-refractivity contribution in [3.05, 3.63) is 70.0 Å². The normalized spacial score (nSPS) is 11.0. The van der Waals surface area contributed by atoms with Crippen molar-refractivity contribution >= 4 is 16.8 Å². The standard InChI is InChI=1S/C19H20N4O2/c1-12(2)23(19(25)16-10-6-7-13(3)20-16)11-17-21-15-9-5-4-8-14(15)18(24)22-17/h4-10,12H,11H2,1-3H3,(H,21,22,24). The van der Waals surface area contributed by atoms with Crippen LogP contribution in [0, 0.1) is 6.92 Å². The van der Waals surface area contributed by atoms with Crippen molar-refractivity contribution < 1.29 is 4.79 Å². The number of carbonyl (C=O) groups excluding carboxylic acids is 1. The number of nitrogens with one attached hydrogen (secondary N) is 1. The van der Waals surface area contributed by atoms with Gasteiger partial charge in [-0.15, -0.1) is 0 Å². The van der Waals surface area contributed by atoms with Crippen molar-refractivity contribution in [1.29, 1.82) is 0 Å². The first kappa shape index (κ1) is 16.8. The lowest BCUT2D eigenvalue weighted by Gasteiger charge is -2.26. The largest absolute Gasteiger partial charge is 0.327 e. The van der Waals surface area contributed by atoms with Crippen molar-refractivity contribution in [1.82, 2.24) is 19.9 Å². The van der Waals surface area contributed by atoms with Crippen LogP contribution in [0.15, 0.2) is 47.3 Å². The number of hydrogen-bond donors (Lipinski definition) is 1. The van der Waals surface area contributed by atoms with Crippen LogP contribution in [-0.2, 0) is 6.54 Å². The number of benzene rings is 1. The molecule has 2 aromatic heterocycles. The first-order valence-corrected chi connectivity index (χ1v) is 8.18. The molecular weight excluding hydrogens is 316 g/mol. The van der Waals surface area contributed by atoms with Crippen molar-refractivity contribution in [3.8, 4) is 0 Å². The molecule has 1 N–H and O–H groups in total. The molecule has 6 nitrogen and oxygen atoms in total. The van der Waals surface area contributed by atoms with Gasteiger partial charge < -0.3 is 9.88 Å². The lowest BCUT2D eigenvalue weighted by atomic mass is 10.2. The molecule has 0 saturated carbocycles. The fourth-order valence-corrected chi connectivity index (χ4v) is 2.67. The third-order valence-corrected chi connectivity index (χ3v) is 3.97. The Kier molecular flexibility index (Phi) is 4.61. The Balaban J connectivity index is 1.95. The number of para-hydroxylation sites is 1. The zero-order chi connectivity index (χ0) is 18.0. The molecule has 3 rings (SSSR count). The lowest BCUT2D eigenvalue weighted by molar-refractivity contribution is 0.0678.